The third-order valence-corrected chi connectivity index (χ3v) is 3.11. The summed E-state index contributed by atoms with van der Waals surface area (Å²) in [5.41, 5.74) is 8.73. The number of ether oxygens (including phenoxy) is 1. The minimum Gasteiger partial charge on any atom is -0.497 e. The Morgan fingerprint density at radius 1 is 1.40 bits per heavy atom. The highest BCUT2D eigenvalue weighted by atomic mass is 16.5. The van der Waals surface area contributed by atoms with Gasteiger partial charge < -0.3 is 15.8 Å². The van der Waals surface area contributed by atoms with E-state index in [4.69, 9.17) is 10.5 Å². The first-order valence-corrected chi connectivity index (χ1v) is 6.83. The Bertz CT molecular complexity index is 563. The zero-order valence-corrected chi connectivity index (χ0v) is 12.3. The molecule has 1 heterocycles. The van der Waals surface area contributed by atoms with Crippen molar-refractivity contribution in [1.82, 2.24) is 9.78 Å². The maximum atomic E-state index is 5.55. The van der Waals surface area contributed by atoms with E-state index < -0.39 is 0 Å². The van der Waals surface area contributed by atoms with Crippen molar-refractivity contribution in [1.29, 1.82) is 0 Å². The van der Waals surface area contributed by atoms with Crippen LogP contribution in [0.4, 0.5) is 5.69 Å². The van der Waals surface area contributed by atoms with Crippen molar-refractivity contribution in [2.24, 2.45) is 5.73 Å². The molecule has 20 heavy (non-hydrogen) atoms. The molecule has 0 saturated carbocycles. The molecule has 0 atom stereocenters. The third kappa shape index (κ3) is 2.93. The molecule has 0 bridgehead atoms. The lowest BCUT2D eigenvalue weighted by Gasteiger charge is -2.14. The number of rotatable bonds is 6. The van der Waals surface area contributed by atoms with Crippen LogP contribution in [0.5, 0.6) is 5.75 Å². The summed E-state index contributed by atoms with van der Waals surface area (Å²) < 4.78 is 7.23. The summed E-state index contributed by atoms with van der Waals surface area (Å²) in [5, 5.41) is 7.82. The summed E-state index contributed by atoms with van der Waals surface area (Å²) in [4.78, 5) is 0. The van der Waals surface area contributed by atoms with Crippen molar-refractivity contribution in [2.45, 2.75) is 19.8 Å². The molecule has 108 valence electrons. The summed E-state index contributed by atoms with van der Waals surface area (Å²) in [6.07, 6.45) is 1.85. The maximum absolute atomic E-state index is 5.55. The Morgan fingerprint density at radius 3 is 2.85 bits per heavy atom. The molecule has 3 N–H and O–H groups in total. The average Bonchev–Trinajstić information content (AvgIpc) is 2.89. The molecule has 0 unspecified atom stereocenters. The second kappa shape index (κ2) is 6.43. The van der Waals surface area contributed by atoms with Crippen LogP contribution in [-0.2, 0) is 0 Å². The first kappa shape index (κ1) is 14.4. The number of methoxy groups -OCH3 is 1. The van der Waals surface area contributed by atoms with Crippen LogP contribution in [0.3, 0.4) is 0 Å². The van der Waals surface area contributed by atoms with E-state index in [1.165, 1.54) is 0 Å². The number of nitrogens with two attached hydrogens (primary N) is 1. The molecule has 0 spiro atoms. The smallest absolute Gasteiger partial charge is 0.121 e. The van der Waals surface area contributed by atoms with E-state index in [-0.39, 0.29) is 0 Å². The standard InChI is InChI=1S/C15H22N4O/c1-11(2)15-14(17-8-7-16)10-18-19(15)12-5-4-6-13(9-12)20-3/h4-6,9-11,17H,7-8,16H2,1-3H3. The molecule has 0 amide bonds. The summed E-state index contributed by atoms with van der Waals surface area (Å²) >= 11 is 0. The van der Waals surface area contributed by atoms with E-state index >= 15 is 0 Å². The predicted molar refractivity (Wildman–Crippen MR) is 81.7 cm³/mol. The quantitative estimate of drug-likeness (QED) is 0.849. The van der Waals surface area contributed by atoms with E-state index in [9.17, 15) is 0 Å². The summed E-state index contributed by atoms with van der Waals surface area (Å²) in [6.45, 7) is 5.65. The number of nitrogens with one attached hydrogen (secondary N) is 1. The highest BCUT2D eigenvalue weighted by Gasteiger charge is 2.15. The van der Waals surface area contributed by atoms with Crippen LogP contribution in [0.1, 0.15) is 25.5 Å². The minimum atomic E-state index is 0.351. The molecule has 0 saturated heterocycles. The van der Waals surface area contributed by atoms with Crippen LogP contribution in [-0.4, -0.2) is 30.0 Å². The van der Waals surface area contributed by atoms with Gasteiger partial charge >= 0.3 is 0 Å². The summed E-state index contributed by atoms with van der Waals surface area (Å²) in [6, 6.07) is 7.89. The zero-order chi connectivity index (χ0) is 14.5. The molecule has 5 nitrogen and oxygen atoms in total. The minimum absolute atomic E-state index is 0.351. The molecular formula is C15H22N4O. The van der Waals surface area contributed by atoms with E-state index in [1.807, 2.05) is 35.1 Å². The fourth-order valence-corrected chi connectivity index (χ4v) is 2.20. The van der Waals surface area contributed by atoms with Crippen LogP contribution in [0.25, 0.3) is 5.69 Å². The van der Waals surface area contributed by atoms with Crippen LogP contribution < -0.4 is 15.8 Å². The molecule has 2 aromatic rings. The van der Waals surface area contributed by atoms with Crippen LogP contribution >= 0.6 is 0 Å². The van der Waals surface area contributed by atoms with Gasteiger partial charge in [0.05, 0.1) is 30.4 Å². The zero-order valence-electron chi connectivity index (χ0n) is 12.3. The molecule has 0 fully saturated rings. The van der Waals surface area contributed by atoms with Gasteiger partial charge in [0.2, 0.25) is 0 Å². The van der Waals surface area contributed by atoms with Crippen molar-refractivity contribution < 1.29 is 4.74 Å². The van der Waals surface area contributed by atoms with Gasteiger partial charge in [-0.15, -0.1) is 0 Å². The van der Waals surface area contributed by atoms with E-state index in [2.05, 4.69) is 24.3 Å². The fourth-order valence-electron chi connectivity index (χ4n) is 2.20. The van der Waals surface area contributed by atoms with Gasteiger partial charge in [-0.3, -0.25) is 0 Å². The lowest BCUT2D eigenvalue weighted by molar-refractivity contribution is 0.414. The van der Waals surface area contributed by atoms with E-state index in [1.54, 1.807) is 7.11 Å². The van der Waals surface area contributed by atoms with Gasteiger partial charge in [0.1, 0.15) is 5.75 Å². The lowest BCUT2D eigenvalue weighted by atomic mass is 10.1. The van der Waals surface area contributed by atoms with Crippen LogP contribution in [0.2, 0.25) is 0 Å². The SMILES string of the molecule is COc1cccc(-n2ncc(NCCN)c2C(C)C)c1. The van der Waals surface area contributed by atoms with E-state index in [0.717, 1.165) is 29.4 Å². The number of anilines is 1. The highest BCUT2D eigenvalue weighted by Crippen LogP contribution is 2.27. The van der Waals surface area contributed by atoms with Crippen molar-refractivity contribution in [2.75, 3.05) is 25.5 Å². The topological polar surface area (TPSA) is 65.1 Å². The van der Waals surface area contributed by atoms with Crippen molar-refractivity contribution in [3.05, 3.63) is 36.2 Å². The third-order valence-electron chi connectivity index (χ3n) is 3.11. The molecule has 2 rings (SSSR count). The van der Waals surface area contributed by atoms with Crippen LogP contribution in [0, 0.1) is 0 Å². The van der Waals surface area contributed by atoms with Crippen molar-refractivity contribution >= 4 is 5.69 Å². The monoisotopic (exact) mass is 274 g/mol. The Kier molecular flexibility index (Phi) is 4.63. The van der Waals surface area contributed by atoms with Gasteiger partial charge in [-0.2, -0.15) is 5.10 Å². The van der Waals surface area contributed by atoms with Gasteiger partial charge in [0.25, 0.3) is 0 Å². The number of hydrogen-bond acceptors (Lipinski definition) is 4. The number of hydrogen-bond donors (Lipinski definition) is 2. The lowest BCUT2D eigenvalue weighted by Crippen LogP contribution is -2.14. The van der Waals surface area contributed by atoms with Gasteiger partial charge in [0.15, 0.2) is 0 Å². The Balaban J connectivity index is 2.42. The maximum Gasteiger partial charge on any atom is 0.121 e. The summed E-state index contributed by atoms with van der Waals surface area (Å²) in [7, 11) is 1.67. The molecule has 1 aromatic carbocycles. The van der Waals surface area contributed by atoms with Crippen molar-refractivity contribution in [3.63, 3.8) is 0 Å². The van der Waals surface area contributed by atoms with Gasteiger partial charge in [-0.1, -0.05) is 19.9 Å². The Morgan fingerprint density at radius 2 is 2.20 bits per heavy atom. The normalized spacial score (nSPS) is 10.8. The second-order valence-electron chi connectivity index (χ2n) is 4.93. The summed E-state index contributed by atoms with van der Waals surface area (Å²) in [5.74, 6) is 1.17. The molecule has 0 aliphatic heterocycles. The van der Waals surface area contributed by atoms with Gasteiger partial charge in [-0.05, 0) is 18.1 Å². The molecule has 0 aliphatic rings. The average molecular weight is 274 g/mol. The molecule has 1 aromatic heterocycles. The number of aromatic nitrogens is 2. The molecule has 0 aliphatic carbocycles. The molecular weight excluding hydrogens is 252 g/mol. The number of benzene rings is 1. The first-order valence-electron chi connectivity index (χ1n) is 6.83. The number of nitrogens with zero attached hydrogens (tertiary/aromatic N) is 2. The van der Waals surface area contributed by atoms with E-state index in [0.29, 0.717) is 12.5 Å². The molecule has 5 heteroatoms. The van der Waals surface area contributed by atoms with Crippen LogP contribution in [0.15, 0.2) is 30.5 Å². The predicted octanol–water partition coefficient (Wildman–Crippen LogP) is 2.37. The second-order valence-corrected chi connectivity index (χ2v) is 4.93. The highest BCUT2D eigenvalue weighted by molar-refractivity contribution is 5.52. The Hall–Kier alpha value is -2.01. The van der Waals surface area contributed by atoms with Gasteiger partial charge in [0, 0.05) is 19.2 Å². The van der Waals surface area contributed by atoms with Gasteiger partial charge in [-0.25, -0.2) is 4.68 Å². The first-order chi connectivity index (χ1) is 9.67. The Labute approximate surface area is 119 Å². The van der Waals surface area contributed by atoms with Crippen molar-refractivity contribution in [3.8, 4) is 11.4 Å². The fraction of sp³-hybridized carbons (Fsp3) is 0.400. The molecule has 0 radical (unpaired) electrons. The largest absolute Gasteiger partial charge is 0.497 e.